The van der Waals surface area contributed by atoms with Crippen LogP contribution in [0.15, 0.2) is 12.1 Å². The molecule has 1 aliphatic heterocycles. The molecule has 1 aliphatic rings. The van der Waals surface area contributed by atoms with E-state index in [1.54, 1.807) is 12.1 Å². The largest absolute Gasteiger partial charge is 0.323 e. The lowest BCUT2D eigenvalue weighted by atomic mass is 10.2. The molecular formula is C15H18ClFIN3. The summed E-state index contributed by atoms with van der Waals surface area (Å²) in [6, 6.07) is 3.61. The smallest absolute Gasteiger partial charge is 0.138 e. The predicted octanol–water partition coefficient (Wildman–Crippen LogP) is 4.18. The number of nitrogens with zero attached hydrogens (tertiary/aromatic N) is 3. The van der Waals surface area contributed by atoms with Crippen LogP contribution >= 0.6 is 34.2 Å². The Morgan fingerprint density at radius 2 is 2.10 bits per heavy atom. The second-order valence-corrected chi connectivity index (χ2v) is 7.07. The molecule has 2 heterocycles. The van der Waals surface area contributed by atoms with Crippen LogP contribution in [0, 0.1) is 9.39 Å². The molecule has 2 aromatic rings. The van der Waals surface area contributed by atoms with Gasteiger partial charge in [-0.1, -0.05) is 0 Å². The molecule has 114 valence electrons. The molecule has 1 atom stereocenters. The first kappa shape index (κ1) is 15.5. The van der Waals surface area contributed by atoms with Gasteiger partial charge in [0.15, 0.2) is 0 Å². The van der Waals surface area contributed by atoms with Crippen LogP contribution in [-0.2, 0) is 5.88 Å². The molecule has 0 N–H and O–H groups in total. The van der Waals surface area contributed by atoms with Gasteiger partial charge in [0.25, 0.3) is 0 Å². The van der Waals surface area contributed by atoms with Gasteiger partial charge in [-0.3, -0.25) is 0 Å². The van der Waals surface area contributed by atoms with Crippen LogP contribution in [0.5, 0.6) is 0 Å². The second kappa shape index (κ2) is 6.38. The number of imidazole rings is 1. The third-order valence-corrected chi connectivity index (χ3v) is 5.15. The highest BCUT2D eigenvalue weighted by atomic mass is 127. The molecule has 3 rings (SSSR count). The summed E-state index contributed by atoms with van der Waals surface area (Å²) in [6.45, 7) is 5.42. The number of hydrogen-bond donors (Lipinski definition) is 0. The maximum atomic E-state index is 13.9. The van der Waals surface area contributed by atoms with Gasteiger partial charge in [0.05, 0.1) is 20.5 Å². The van der Waals surface area contributed by atoms with Gasteiger partial charge in [0.1, 0.15) is 11.6 Å². The third kappa shape index (κ3) is 3.05. The molecule has 1 aromatic carbocycles. The number of halogens is 3. The van der Waals surface area contributed by atoms with Gasteiger partial charge >= 0.3 is 0 Å². The van der Waals surface area contributed by atoms with Gasteiger partial charge in [-0.05, 0) is 61.5 Å². The van der Waals surface area contributed by atoms with E-state index in [0.29, 0.717) is 9.45 Å². The normalized spacial score (nSPS) is 17.7. The first-order valence-corrected chi connectivity index (χ1v) is 8.85. The summed E-state index contributed by atoms with van der Waals surface area (Å²) in [4.78, 5) is 7.03. The van der Waals surface area contributed by atoms with Crippen molar-refractivity contribution in [3.8, 4) is 0 Å². The second-order valence-electron chi connectivity index (χ2n) is 5.64. The molecule has 0 spiro atoms. The van der Waals surface area contributed by atoms with E-state index in [2.05, 4.69) is 21.4 Å². The van der Waals surface area contributed by atoms with Crippen LogP contribution in [0.25, 0.3) is 11.0 Å². The highest BCUT2D eigenvalue weighted by Gasteiger charge is 2.20. The number of fused-ring (bicyclic) bond motifs is 1. The van der Waals surface area contributed by atoms with Crippen molar-refractivity contribution in [1.29, 1.82) is 0 Å². The van der Waals surface area contributed by atoms with Crippen LogP contribution in [0.1, 0.15) is 31.6 Å². The van der Waals surface area contributed by atoms with Crippen molar-refractivity contribution in [3.63, 3.8) is 0 Å². The van der Waals surface area contributed by atoms with Crippen molar-refractivity contribution in [2.45, 2.75) is 31.7 Å². The fourth-order valence-electron chi connectivity index (χ4n) is 3.15. The summed E-state index contributed by atoms with van der Waals surface area (Å²) < 4.78 is 16.6. The van der Waals surface area contributed by atoms with Crippen molar-refractivity contribution in [2.75, 3.05) is 19.6 Å². The average Bonchev–Trinajstić information content (AvgIpc) is 3.06. The lowest BCUT2D eigenvalue weighted by Gasteiger charge is -2.23. The lowest BCUT2D eigenvalue weighted by molar-refractivity contribution is 0.288. The van der Waals surface area contributed by atoms with Crippen LogP contribution in [0.2, 0.25) is 0 Å². The Morgan fingerprint density at radius 1 is 1.38 bits per heavy atom. The molecule has 1 aromatic heterocycles. The maximum Gasteiger partial charge on any atom is 0.138 e. The number of rotatable bonds is 4. The fraction of sp³-hybridized carbons (Fsp3) is 0.533. The molecule has 1 unspecified atom stereocenters. The number of aromatic nitrogens is 2. The minimum atomic E-state index is -0.196. The zero-order chi connectivity index (χ0) is 15.0. The number of likely N-dealkylation sites (tertiary alicyclic amines) is 1. The van der Waals surface area contributed by atoms with E-state index in [9.17, 15) is 4.39 Å². The maximum absolute atomic E-state index is 13.9. The average molecular weight is 422 g/mol. The SMILES string of the molecule is CC(CN1CCCC1)n1c(CCl)nc2cc(I)c(F)cc21. The van der Waals surface area contributed by atoms with Gasteiger partial charge < -0.3 is 9.47 Å². The van der Waals surface area contributed by atoms with E-state index in [1.807, 2.05) is 22.6 Å². The Kier molecular flexibility index (Phi) is 4.71. The van der Waals surface area contributed by atoms with Crippen molar-refractivity contribution in [1.82, 2.24) is 14.5 Å². The van der Waals surface area contributed by atoms with Gasteiger partial charge in [-0.2, -0.15) is 0 Å². The van der Waals surface area contributed by atoms with E-state index in [4.69, 9.17) is 11.6 Å². The molecule has 0 bridgehead atoms. The standard InChI is InChI=1S/C15H18ClFIN3/c1-10(9-20-4-2-3-5-20)21-14-6-11(17)12(18)7-13(14)19-15(21)8-16/h6-7,10H,2-5,8-9H2,1H3. The summed E-state index contributed by atoms with van der Waals surface area (Å²) in [5.74, 6) is 0.968. The zero-order valence-electron chi connectivity index (χ0n) is 12.0. The Labute approximate surface area is 142 Å². The summed E-state index contributed by atoms with van der Waals surface area (Å²) in [6.07, 6.45) is 2.54. The number of benzene rings is 1. The predicted molar refractivity (Wildman–Crippen MR) is 92.4 cm³/mol. The zero-order valence-corrected chi connectivity index (χ0v) is 14.9. The highest BCUT2D eigenvalue weighted by molar-refractivity contribution is 14.1. The molecule has 3 nitrogen and oxygen atoms in total. The fourth-order valence-corrected chi connectivity index (χ4v) is 3.79. The molecule has 21 heavy (non-hydrogen) atoms. The number of hydrogen-bond acceptors (Lipinski definition) is 2. The molecule has 0 amide bonds. The van der Waals surface area contributed by atoms with E-state index in [0.717, 1.165) is 36.5 Å². The minimum absolute atomic E-state index is 0.196. The highest BCUT2D eigenvalue weighted by Crippen LogP contribution is 2.27. The van der Waals surface area contributed by atoms with Crippen molar-refractivity contribution >= 4 is 45.2 Å². The van der Waals surface area contributed by atoms with Gasteiger partial charge in [0, 0.05) is 18.7 Å². The lowest BCUT2D eigenvalue weighted by Crippen LogP contribution is -2.27. The summed E-state index contributed by atoms with van der Waals surface area (Å²) in [7, 11) is 0. The van der Waals surface area contributed by atoms with Gasteiger partial charge in [-0.15, -0.1) is 11.6 Å². The third-order valence-electron chi connectivity index (χ3n) is 4.09. The van der Waals surface area contributed by atoms with Crippen LogP contribution in [0.3, 0.4) is 0 Å². The van der Waals surface area contributed by atoms with Crippen molar-refractivity contribution < 1.29 is 4.39 Å². The van der Waals surface area contributed by atoms with Crippen LogP contribution in [0.4, 0.5) is 4.39 Å². The summed E-state index contributed by atoms with van der Waals surface area (Å²) >= 11 is 8.05. The molecule has 0 radical (unpaired) electrons. The van der Waals surface area contributed by atoms with Crippen molar-refractivity contribution in [3.05, 3.63) is 27.3 Å². The Bertz CT molecular complexity index is 652. The molecule has 1 fully saturated rings. The summed E-state index contributed by atoms with van der Waals surface area (Å²) in [5, 5.41) is 0. The molecule has 6 heteroatoms. The number of alkyl halides is 1. The van der Waals surface area contributed by atoms with Crippen molar-refractivity contribution in [2.24, 2.45) is 0 Å². The molecule has 0 aliphatic carbocycles. The Morgan fingerprint density at radius 3 is 2.76 bits per heavy atom. The van der Waals surface area contributed by atoms with Crippen LogP contribution < -0.4 is 0 Å². The van der Waals surface area contributed by atoms with Gasteiger partial charge in [0.2, 0.25) is 0 Å². The van der Waals surface area contributed by atoms with Gasteiger partial charge in [-0.25, -0.2) is 9.37 Å². The Balaban J connectivity index is 2.00. The first-order chi connectivity index (χ1) is 10.1. The summed E-state index contributed by atoms with van der Waals surface area (Å²) in [5.41, 5.74) is 1.67. The van der Waals surface area contributed by atoms with E-state index < -0.39 is 0 Å². The molecule has 1 saturated heterocycles. The topological polar surface area (TPSA) is 21.1 Å². The molecular weight excluding hydrogens is 404 g/mol. The monoisotopic (exact) mass is 421 g/mol. The van der Waals surface area contributed by atoms with E-state index >= 15 is 0 Å². The van der Waals surface area contributed by atoms with Crippen LogP contribution in [-0.4, -0.2) is 34.1 Å². The molecule has 0 saturated carbocycles. The van der Waals surface area contributed by atoms with E-state index in [1.165, 1.54) is 12.8 Å². The van der Waals surface area contributed by atoms with E-state index in [-0.39, 0.29) is 11.9 Å². The Hall–Kier alpha value is -0.400. The quantitative estimate of drug-likeness (QED) is 0.546. The first-order valence-electron chi connectivity index (χ1n) is 7.24. The minimum Gasteiger partial charge on any atom is -0.323 e.